The largest absolute Gasteiger partial charge is 0.492 e. The van der Waals surface area contributed by atoms with E-state index < -0.39 is 0 Å². The molecule has 0 unspecified atom stereocenters. The smallest absolute Gasteiger partial charge is 0.124 e. The van der Waals surface area contributed by atoms with Crippen molar-refractivity contribution in [1.29, 1.82) is 0 Å². The Morgan fingerprint density at radius 2 is 2.38 bits per heavy atom. The van der Waals surface area contributed by atoms with Crippen molar-refractivity contribution < 1.29 is 4.74 Å². The lowest BCUT2D eigenvalue weighted by atomic mass is 10.1. The van der Waals surface area contributed by atoms with E-state index in [1.54, 1.807) is 0 Å². The molecule has 2 heteroatoms. The molecule has 0 fully saturated rings. The van der Waals surface area contributed by atoms with Crippen LogP contribution in [-0.4, -0.2) is 13.2 Å². The molecule has 1 aliphatic heterocycles. The summed E-state index contributed by atoms with van der Waals surface area (Å²) < 4.78 is 5.63. The monoisotopic (exact) mass is 177 g/mol. The Morgan fingerprint density at radius 1 is 1.46 bits per heavy atom. The summed E-state index contributed by atoms with van der Waals surface area (Å²) in [5, 5.41) is 3.32. The molecule has 1 aromatic carbocycles. The highest BCUT2D eigenvalue weighted by molar-refractivity contribution is 5.38. The Hall–Kier alpha value is -1.02. The zero-order valence-electron chi connectivity index (χ0n) is 7.97. The van der Waals surface area contributed by atoms with Gasteiger partial charge < -0.3 is 10.1 Å². The van der Waals surface area contributed by atoms with Gasteiger partial charge in [0.2, 0.25) is 0 Å². The molecule has 70 valence electrons. The summed E-state index contributed by atoms with van der Waals surface area (Å²) in [4.78, 5) is 0. The summed E-state index contributed by atoms with van der Waals surface area (Å²) in [5.74, 6) is 1.06. The fraction of sp³-hybridized carbons (Fsp3) is 0.455. The van der Waals surface area contributed by atoms with Crippen LogP contribution in [0.1, 0.15) is 18.1 Å². The van der Waals surface area contributed by atoms with Crippen LogP contribution in [0.3, 0.4) is 0 Å². The van der Waals surface area contributed by atoms with Crippen LogP contribution in [0.25, 0.3) is 0 Å². The molecule has 1 aromatic rings. The molecule has 1 aliphatic rings. The maximum atomic E-state index is 5.63. The van der Waals surface area contributed by atoms with Crippen LogP contribution in [0.2, 0.25) is 0 Å². The van der Waals surface area contributed by atoms with Crippen molar-refractivity contribution in [3.8, 4) is 5.75 Å². The molecule has 0 radical (unpaired) electrons. The number of ether oxygens (including phenoxy) is 1. The molecular formula is C11H15NO. The fourth-order valence-corrected chi connectivity index (χ4v) is 1.56. The van der Waals surface area contributed by atoms with Gasteiger partial charge in [0.25, 0.3) is 0 Å². The lowest BCUT2D eigenvalue weighted by molar-refractivity contribution is 0.325. The minimum Gasteiger partial charge on any atom is -0.492 e. The molecule has 0 aromatic heterocycles. The van der Waals surface area contributed by atoms with Gasteiger partial charge in [-0.05, 0) is 18.1 Å². The van der Waals surface area contributed by atoms with Crippen molar-refractivity contribution in [1.82, 2.24) is 5.32 Å². The van der Waals surface area contributed by atoms with Crippen molar-refractivity contribution in [2.75, 3.05) is 13.2 Å². The van der Waals surface area contributed by atoms with Gasteiger partial charge in [-0.25, -0.2) is 0 Å². The topological polar surface area (TPSA) is 21.3 Å². The Kier molecular flexibility index (Phi) is 2.50. The molecule has 13 heavy (non-hydrogen) atoms. The Bertz CT molecular complexity index is 296. The van der Waals surface area contributed by atoms with E-state index >= 15 is 0 Å². The van der Waals surface area contributed by atoms with Crippen molar-refractivity contribution in [2.45, 2.75) is 19.9 Å². The highest BCUT2D eigenvalue weighted by Crippen LogP contribution is 2.21. The average Bonchev–Trinajstić information content (AvgIpc) is 2.41. The summed E-state index contributed by atoms with van der Waals surface area (Å²) in [6.07, 6.45) is 1.07. The molecule has 0 saturated heterocycles. The number of nitrogens with one attached hydrogen (secondary N) is 1. The van der Waals surface area contributed by atoms with Gasteiger partial charge in [0.1, 0.15) is 12.4 Å². The fourth-order valence-electron chi connectivity index (χ4n) is 1.56. The lowest BCUT2D eigenvalue weighted by Crippen LogP contribution is -2.16. The second kappa shape index (κ2) is 3.79. The van der Waals surface area contributed by atoms with Gasteiger partial charge >= 0.3 is 0 Å². The van der Waals surface area contributed by atoms with E-state index in [4.69, 9.17) is 4.74 Å². The number of hydrogen-bond acceptors (Lipinski definition) is 2. The van der Waals surface area contributed by atoms with Gasteiger partial charge in [-0.2, -0.15) is 0 Å². The second-order valence-corrected chi connectivity index (χ2v) is 3.32. The highest BCUT2D eigenvalue weighted by Gasteiger charge is 2.07. The van der Waals surface area contributed by atoms with Crippen LogP contribution in [-0.2, 0) is 13.0 Å². The Labute approximate surface area is 78.9 Å². The van der Waals surface area contributed by atoms with E-state index in [1.165, 1.54) is 11.1 Å². The van der Waals surface area contributed by atoms with E-state index in [1.807, 2.05) is 0 Å². The maximum absolute atomic E-state index is 5.63. The molecule has 0 atom stereocenters. The van der Waals surface area contributed by atoms with E-state index in [-0.39, 0.29) is 0 Å². The summed E-state index contributed by atoms with van der Waals surface area (Å²) in [7, 11) is 0. The van der Waals surface area contributed by atoms with E-state index in [0.717, 1.165) is 31.9 Å². The van der Waals surface area contributed by atoms with Crippen molar-refractivity contribution in [3.05, 3.63) is 29.3 Å². The van der Waals surface area contributed by atoms with E-state index in [2.05, 4.69) is 30.4 Å². The van der Waals surface area contributed by atoms with Gasteiger partial charge in [-0.1, -0.05) is 19.1 Å². The van der Waals surface area contributed by atoms with Crippen molar-refractivity contribution >= 4 is 0 Å². The summed E-state index contributed by atoms with van der Waals surface area (Å²) in [5.41, 5.74) is 2.62. The van der Waals surface area contributed by atoms with Crippen LogP contribution in [0.5, 0.6) is 5.75 Å². The number of rotatable bonds is 1. The number of benzene rings is 1. The molecule has 0 saturated carbocycles. The molecular weight excluding hydrogens is 162 g/mol. The SMILES string of the molecule is CCc1ccc2c(c1)OCCNC2. The van der Waals surface area contributed by atoms with Crippen LogP contribution in [0, 0.1) is 0 Å². The first-order chi connectivity index (χ1) is 6.40. The number of fused-ring (bicyclic) bond motifs is 1. The molecule has 0 bridgehead atoms. The van der Waals surface area contributed by atoms with Gasteiger partial charge in [0, 0.05) is 18.7 Å². The van der Waals surface area contributed by atoms with Gasteiger partial charge in [0.15, 0.2) is 0 Å². The molecule has 0 aliphatic carbocycles. The number of aryl methyl sites for hydroxylation is 1. The van der Waals surface area contributed by atoms with Crippen LogP contribution >= 0.6 is 0 Å². The third-order valence-electron chi connectivity index (χ3n) is 2.39. The van der Waals surface area contributed by atoms with Crippen LogP contribution in [0.4, 0.5) is 0 Å². The quantitative estimate of drug-likeness (QED) is 0.705. The first-order valence-corrected chi connectivity index (χ1v) is 4.85. The minimum atomic E-state index is 0.778. The Morgan fingerprint density at radius 3 is 3.23 bits per heavy atom. The predicted molar refractivity (Wildman–Crippen MR) is 53.0 cm³/mol. The predicted octanol–water partition coefficient (Wildman–Crippen LogP) is 1.73. The summed E-state index contributed by atoms with van der Waals surface area (Å²) in [6, 6.07) is 6.49. The van der Waals surface area contributed by atoms with Gasteiger partial charge in [0.05, 0.1) is 0 Å². The van der Waals surface area contributed by atoms with Crippen molar-refractivity contribution in [2.24, 2.45) is 0 Å². The molecule has 0 amide bonds. The van der Waals surface area contributed by atoms with Crippen molar-refractivity contribution in [3.63, 3.8) is 0 Å². The van der Waals surface area contributed by atoms with Gasteiger partial charge in [-0.15, -0.1) is 0 Å². The third kappa shape index (κ3) is 1.83. The van der Waals surface area contributed by atoms with Gasteiger partial charge in [-0.3, -0.25) is 0 Å². The van der Waals surface area contributed by atoms with Crippen LogP contribution in [0.15, 0.2) is 18.2 Å². The first-order valence-electron chi connectivity index (χ1n) is 4.85. The van der Waals surface area contributed by atoms with Crippen LogP contribution < -0.4 is 10.1 Å². The summed E-state index contributed by atoms with van der Waals surface area (Å²) in [6.45, 7) is 4.81. The second-order valence-electron chi connectivity index (χ2n) is 3.32. The Balaban J connectivity index is 2.32. The molecule has 2 rings (SSSR count). The molecule has 2 nitrogen and oxygen atoms in total. The summed E-state index contributed by atoms with van der Waals surface area (Å²) >= 11 is 0. The third-order valence-corrected chi connectivity index (χ3v) is 2.39. The molecule has 1 heterocycles. The zero-order chi connectivity index (χ0) is 9.10. The van der Waals surface area contributed by atoms with E-state index in [9.17, 15) is 0 Å². The molecule has 1 N–H and O–H groups in total. The average molecular weight is 177 g/mol. The standard InChI is InChI=1S/C11H15NO/c1-2-9-3-4-10-8-12-5-6-13-11(10)7-9/h3-4,7,12H,2,5-6,8H2,1H3. The highest BCUT2D eigenvalue weighted by atomic mass is 16.5. The maximum Gasteiger partial charge on any atom is 0.124 e. The minimum absolute atomic E-state index is 0.778. The zero-order valence-corrected chi connectivity index (χ0v) is 7.97. The lowest BCUT2D eigenvalue weighted by Gasteiger charge is -2.07. The molecule has 0 spiro atoms. The van der Waals surface area contributed by atoms with E-state index in [0.29, 0.717) is 0 Å². The normalized spacial score (nSPS) is 15.8. The first kappa shape index (κ1) is 8.57. The number of hydrogen-bond donors (Lipinski definition) is 1.